The van der Waals surface area contributed by atoms with Crippen LogP contribution in [0.25, 0.3) is 0 Å². The van der Waals surface area contributed by atoms with Gasteiger partial charge >= 0.3 is 0 Å². The summed E-state index contributed by atoms with van der Waals surface area (Å²) in [6, 6.07) is 10.1. The van der Waals surface area contributed by atoms with Crippen molar-refractivity contribution in [2.24, 2.45) is 23.7 Å². The molecule has 0 radical (unpaired) electrons. The molecule has 0 amide bonds. The highest BCUT2D eigenvalue weighted by atomic mass is 16.5. The molecule has 0 bridgehead atoms. The summed E-state index contributed by atoms with van der Waals surface area (Å²) in [5.41, 5.74) is 3.01. The third-order valence-corrected chi connectivity index (χ3v) is 13.6. The Balaban J connectivity index is -0.0000000147. The molecule has 1 aromatic heterocycles. The van der Waals surface area contributed by atoms with Crippen LogP contribution in [0.2, 0.25) is 0 Å². The Morgan fingerprint density at radius 1 is 0.781 bits per heavy atom. The molecular weight excluding hydrogens is 803 g/mol. The average Bonchev–Trinajstić information content (AvgIpc) is 0.819. The number of benzene rings is 1. The Bertz CT molecular complexity index is 1660. The van der Waals surface area contributed by atoms with Gasteiger partial charge in [0, 0.05) is 204 Å². The van der Waals surface area contributed by atoms with Crippen molar-refractivity contribution in [3.63, 3.8) is 0 Å². The van der Waals surface area contributed by atoms with Gasteiger partial charge in [0.25, 0.3) is 0 Å². The van der Waals surface area contributed by atoms with E-state index in [-0.39, 0.29) is 46.2 Å². The van der Waals surface area contributed by atoms with E-state index in [1.165, 1.54) is 107 Å². The van der Waals surface area contributed by atoms with Gasteiger partial charge in [0.1, 0.15) is 23.2 Å². The van der Waals surface area contributed by atoms with Crippen molar-refractivity contribution in [1.82, 2.24) is 4.98 Å². The molecule has 8 atom stereocenters. The number of hydrogen-bond acceptors (Lipinski definition) is 9. The van der Waals surface area contributed by atoms with Crippen molar-refractivity contribution < 1.29 is 237 Å². The predicted molar refractivity (Wildman–Crippen MR) is 404 cm³/mol. The van der Waals surface area contributed by atoms with Gasteiger partial charge in [0.05, 0.1) is 56.5 Å². The quantitative estimate of drug-likeness (QED) is 0.102. The summed E-state index contributed by atoms with van der Waals surface area (Å²) in [6.45, 7) is 17.4. The maximum atomic E-state index is 9.22. The molecule has 9 nitrogen and oxygen atoms in total. The van der Waals surface area contributed by atoms with Gasteiger partial charge in [-0.1, -0.05) is 104 Å². The summed E-state index contributed by atoms with van der Waals surface area (Å²) in [5.74, 6) is 4.91. The molecular formula is C55H229NO8. The molecule has 4 N–H and O–H groups in total. The van der Waals surface area contributed by atoms with E-state index in [0.29, 0.717) is 12.2 Å². The second-order valence-electron chi connectivity index (χ2n) is 20.3. The molecule has 9 heteroatoms. The normalized spacial score (nSPS) is 32.8. The van der Waals surface area contributed by atoms with Crippen LogP contribution in [0.5, 0.6) is 11.5 Å². The lowest BCUT2D eigenvalue weighted by Gasteiger charge is -2.44. The summed E-state index contributed by atoms with van der Waals surface area (Å²) >= 11 is 0. The fraction of sp³-hybridized carbons (Fsp3) is 0.800. The van der Waals surface area contributed by atoms with Gasteiger partial charge in [-0.25, -0.2) is 0 Å². The van der Waals surface area contributed by atoms with E-state index in [4.69, 9.17) is 225 Å². The number of aliphatic hydroxyl groups is 4. The van der Waals surface area contributed by atoms with Crippen LogP contribution < -0.4 is 9.47 Å². The van der Waals surface area contributed by atoms with E-state index in [0.717, 1.165) is 85.8 Å². The van der Waals surface area contributed by atoms with Gasteiger partial charge in [-0.3, -0.25) is 4.98 Å². The minimum atomic E-state index is -0.512. The number of rotatable bonds is 20. The van der Waals surface area contributed by atoms with E-state index >= 15 is 0 Å². The van der Waals surface area contributed by atoms with Crippen LogP contribution in [0.1, 0.15) is 392 Å². The van der Waals surface area contributed by atoms with Crippen LogP contribution in [0.4, 0.5) is 0 Å². The van der Waals surface area contributed by atoms with Crippen molar-refractivity contribution >= 4 is 0 Å². The zero-order chi connectivity index (χ0) is 179. The highest BCUT2D eigenvalue weighted by Crippen LogP contribution is 2.41. The molecule has 502 valence electrons. The summed E-state index contributed by atoms with van der Waals surface area (Å²) in [6.07, 6.45) is 29.5. The molecule has 3 fully saturated rings. The summed E-state index contributed by atoms with van der Waals surface area (Å²) in [4.78, 5) is 4.39. The highest BCUT2D eigenvalue weighted by Gasteiger charge is 2.38. The summed E-state index contributed by atoms with van der Waals surface area (Å²) in [7, 11) is 0. The molecule has 2 aliphatic carbocycles. The molecule has 8 unspecified atom stereocenters. The standard InChI is InChI=1S/C14H26O2.C14H28O2.C14H22O2.C13H19NO2.67H2/c1-2-3-5-11-6-4-7-12-8-9-13(10-15)16-14(11)12;1-11(2)8-9-13-6-4-5-7-14(13)16-12(3)10-15;1-4-5-8-12-9-6-7-10-13(12)16-14(2,3)11-15;1-2-3-4-12-13-10(7-8-14-12)5-6-11(9-15)16-13;;;;;;;;;;;;;;;;;;;;;;;;;;;;;;;;;;;;;;;;;;;;;;;;;;;;;;;;;;;;;;;;;;;/h11-15H,2-10H2,1H3;11-15H,4-10H2,1-3H3;6-7,9-10,15H,4-5,8,11H2,1-3H3;7-8,11,15H,2-6,9H2,1H3;67*1H/i;;;;66*1+2T;1+2. The van der Waals surface area contributed by atoms with Gasteiger partial charge in [-0.05, 0) is 158 Å². The van der Waals surface area contributed by atoms with Crippen LogP contribution in [0, 0.1) is 23.7 Å². The van der Waals surface area contributed by atoms with E-state index in [2.05, 4.69) is 45.7 Å². The maximum absolute atomic E-state index is 9.22. The van der Waals surface area contributed by atoms with Crippen LogP contribution >= 0.6 is 0 Å². The minimum absolute atomic E-state index is 0. The molecule has 3 heterocycles. The van der Waals surface area contributed by atoms with Crippen LogP contribution in [0.3, 0.4) is 0 Å². The Hall–Kier alpha value is -2.27. The Labute approximate surface area is 596 Å². The molecule has 2 saturated carbocycles. The van der Waals surface area contributed by atoms with Crippen molar-refractivity contribution in [1.29, 1.82) is 0 Å². The molecule has 1 saturated heterocycles. The lowest BCUT2D eigenvalue weighted by Crippen LogP contribution is -2.43. The van der Waals surface area contributed by atoms with Crippen LogP contribution in [-0.4, -0.2) is 88.0 Å². The Kier molecular flexibility index (Phi) is 6.69. The summed E-state index contributed by atoms with van der Waals surface area (Å²) in [5, 5.41) is 36.6. The SMILES string of the molecule is CC(C)CCC1CCCCC1OC(C)CO.CCCCC1CCCC2CCC(CO)OC12.CCCCc1ccccc1OC(C)(C)CO.CCCCc1nccc2c1OC(CO)CC2.[3HH].[3H][3H].[3H][3H].[3H][3H].[3H][3H].[3H][3H].[3H][3H].[3H][3H].[3H][3H].[3H][3H].[3H][3H].[3H][3H].[3H][3H].[3H][3H].[3H][3H].[3H][3H].[3H][3H].[3H][3H].[3H][3H].[3H][3H].[3H][3H].[3H][3H].[3H][3H].[3H][3H].[3H][3H].[3H][3H].[3H][3H].[3H][3H].[3H][3H].[3H][3H].[3H][3H].[3H][3H].[3H][3H].[3H][3H].[3H][3H].[3H][3H].[3H][3H].[3H][3H].[3H][3H].[3H][3H].[3H][3H].[3H][3H].[3H][3H].[3H][3H].[3H][3H].[3H][3H].[3H][3H].[3H][3H].[3H][3H].[3H][3H].[3H][3H].[3H][3H].[3H][3H].[3H][3H].[3H][3H].[3H][3H].[3H][3H].[3H][3H].[3H][3H].[3H][3H].[3H][3H].[3H][3H].[3H][3H].[3H][3H].[3H][3H].[3H][3H].[3H][3H]. The number of nitrogens with zero attached hydrogens (tertiary/aromatic N) is 1. The average molecular weight is 1300 g/mol. The minimum Gasteiger partial charge on any atom is -0.486 e. The molecule has 6 rings (SSSR count). The third kappa shape index (κ3) is 20.3. The van der Waals surface area contributed by atoms with Gasteiger partial charge in [0.15, 0.2) is 0 Å². The lowest BCUT2D eigenvalue weighted by atomic mass is 9.73. The number of para-hydroxylation sites is 1. The predicted octanol–water partition coefficient (Wildman–Crippen LogP) is 28.3. The first-order valence-electron chi connectivity index (χ1n) is 92.1. The fourth-order valence-electron chi connectivity index (χ4n) is 9.64. The highest BCUT2D eigenvalue weighted by molar-refractivity contribution is 5.39. The van der Waals surface area contributed by atoms with Crippen LogP contribution in [-0.2, 0) is 28.7 Å². The maximum Gasteiger partial charge on any atom is 0.144 e. The van der Waals surface area contributed by atoms with Crippen LogP contribution in [0.15, 0.2) is 36.5 Å². The molecule has 0 spiro atoms. The monoisotopic (exact) mass is 1300 g/mol. The van der Waals surface area contributed by atoms with E-state index < -0.39 is 5.60 Å². The van der Waals surface area contributed by atoms with Gasteiger partial charge < -0.3 is 39.4 Å². The first kappa shape index (κ1) is 13.5. The van der Waals surface area contributed by atoms with Gasteiger partial charge in [-0.2, -0.15) is 0 Å². The smallest absolute Gasteiger partial charge is 0.144 e. The third-order valence-electron chi connectivity index (χ3n) is 13.6. The largest absolute Gasteiger partial charge is 0.486 e. The molecule has 1 aromatic carbocycles. The summed E-state index contributed by atoms with van der Waals surface area (Å²) < 4.78 is 684. The first-order valence-corrected chi connectivity index (χ1v) is 26.1. The fourth-order valence-corrected chi connectivity index (χ4v) is 9.64. The number of unbranched alkanes of at least 4 members (excludes halogenated alkanes) is 3. The number of aliphatic hydroxyl groups excluding tert-OH is 4. The van der Waals surface area contributed by atoms with Crippen molar-refractivity contribution in [3.05, 3.63) is 53.3 Å². The number of aromatic nitrogens is 1. The number of pyridine rings is 1. The second-order valence-corrected chi connectivity index (χ2v) is 20.3. The van der Waals surface area contributed by atoms with E-state index in [9.17, 15) is 10.2 Å². The van der Waals surface area contributed by atoms with E-state index in [1.807, 2.05) is 51.2 Å². The second kappa shape index (κ2) is 31.7. The number of hydrogen-bond donors (Lipinski definition) is 4. The molecule has 2 aliphatic heterocycles. The number of fused-ring (bicyclic) bond motifs is 2. The zero-order valence-corrected chi connectivity index (χ0v) is 41.9. The van der Waals surface area contributed by atoms with Crippen molar-refractivity contribution in [3.8, 4) is 11.5 Å². The van der Waals surface area contributed by atoms with E-state index in [1.54, 1.807) is 0 Å². The van der Waals surface area contributed by atoms with Gasteiger partial charge in [0.2, 0.25) is 0 Å². The Morgan fingerprint density at radius 2 is 1.48 bits per heavy atom. The number of aryl methyl sites for hydroxylation is 3. The molecule has 4 aliphatic rings. The zero-order valence-electron chi connectivity index (χ0n) is 174. The topological polar surface area (TPSA) is 131 Å². The lowest BCUT2D eigenvalue weighted by molar-refractivity contribution is -0.139. The first-order chi connectivity index (χ1) is 96.9. The van der Waals surface area contributed by atoms with Crippen molar-refractivity contribution in [2.75, 3.05) is 26.4 Å². The molecule has 64 heavy (non-hydrogen) atoms. The van der Waals surface area contributed by atoms with Gasteiger partial charge in [-0.15, -0.1) is 0 Å². The molecule has 2 aromatic rings. The van der Waals surface area contributed by atoms with Crippen molar-refractivity contribution in [2.45, 2.75) is 233 Å². The number of ether oxygens (including phenoxy) is 4. The Morgan fingerprint density at radius 3 is 2.17 bits per heavy atom.